The third-order valence-electron chi connectivity index (χ3n) is 1.84. The predicted octanol–water partition coefficient (Wildman–Crippen LogP) is 3.43. The number of rotatable bonds is 1. The Labute approximate surface area is 71.1 Å². The molecular weight excluding hydrogens is 188 g/mol. The molecule has 10 heavy (non-hydrogen) atoms. The van der Waals surface area contributed by atoms with Crippen molar-refractivity contribution < 1.29 is 0 Å². The van der Waals surface area contributed by atoms with Crippen LogP contribution in [-0.4, -0.2) is 5.33 Å². The number of hydrogen-bond acceptors (Lipinski definition) is 0. The Hall–Kier alpha value is -0.0000000000000000278. The van der Waals surface area contributed by atoms with E-state index in [0.29, 0.717) is 0 Å². The van der Waals surface area contributed by atoms with E-state index in [1.165, 1.54) is 37.7 Å². The lowest BCUT2D eigenvalue weighted by Crippen LogP contribution is -1.91. The fourth-order valence-electron chi connectivity index (χ4n) is 1.31. The second-order valence-electron chi connectivity index (χ2n) is 2.67. The van der Waals surface area contributed by atoms with Gasteiger partial charge in [-0.3, -0.25) is 0 Å². The van der Waals surface area contributed by atoms with E-state index in [-0.39, 0.29) is 0 Å². The maximum absolute atomic E-state index is 3.34. The number of alkyl halides is 1. The van der Waals surface area contributed by atoms with Crippen molar-refractivity contribution >= 4 is 15.9 Å². The third-order valence-corrected chi connectivity index (χ3v) is 2.16. The second kappa shape index (κ2) is 4.76. The topological polar surface area (TPSA) is 0 Å². The highest BCUT2D eigenvalue weighted by molar-refractivity contribution is 9.09. The molecule has 0 aromatic rings. The van der Waals surface area contributed by atoms with E-state index >= 15 is 0 Å². The molecule has 1 fully saturated rings. The fraction of sp³-hybridized carbons (Fsp3) is 0.667. The van der Waals surface area contributed by atoms with Gasteiger partial charge in [-0.25, -0.2) is 0 Å². The summed E-state index contributed by atoms with van der Waals surface area (Å²) in [6.07, 6.45) is 8.80. The van der Waals surface area contributed by atoms with Crippen LogP contribution in [0.15, 0.2) is 17.4 Å². The number of halogens is 1. The van der Waals surface area contributed by atoms with Gasteiger partial charge in [0.1, 0.15) is 0 Å². The predicted molar refractivity (Wildman–Crippen MR) is 48.5 cm³/mol. The standard InChI is InChI=1S/C9H13Br/c10-8-4-7-9-5-2-1-3-6-9/h4H,1-3,5-6,8H2. The molecule has 1 aliphatic rings. The molecule has 0 amide bonds. The summed E-state index contributed by atoms with van der Waals surface area (Å²) in [5.74, 6) is 0. The normalized spacial score (nSPS) is 18.3. The van der Waals surface area contributed by atoms with Crippen LogP contribution in [0.2, 0.25) is 0 Å². The van der Waals surface area contributed by atoms with E-state index in [4.69, 9.17) is 0 Å². The SMILES string of the molecule is BrCC=C=C1CCCCC1. The zero-order valence-electron chi connectivity index (χ0n) is 6.20. The van der Waals surface area contributed by atoms with Crippen LogP contribution in [0.1, 0.15) is 32.1 Å². The van der Waals surface area contributed by atoms with Crippen molar-refractivity contribution in [3.63, 3.8) is 0 Å². The maximum Gasteiger partial charge on any atom is 0.0287 e. The summed E-state index contributed by atoms with van der Waals surface area (Å²) < 4.78 is 0. The summed E-state index contributed by atoms with van der Waals surface area (Å²) in [7, 11) is 0. The Morgan fingerprint density at radius 2 is 2.00 bits per heavy atom. The van der Waals surface area contributed by atoms with Crippen molar-refractivity contribution in [2.45, 2.75) is 32.1 Å². The molecule has 1 saturated carbocycles. The van der Waals surface area contributed by atoms with Gasteiger partial charge in [0.25, 0.3) is 0 Å². The zero-order valence-corrected chi connectivity index (χ0v) is 7.78. The first kappa shape index (κ1) is 8.10. The van der Waals surface area contributed by atoms with Gasteiger partial charge in [-0.2, -0.15) is 0 Å². The molecule has 0 radical (unpaired) electrons. The van der Waals surface area contributed by atoms with Crippen molar-refractivity contribution in [2.75, 3.05) is 5.33 Å². The highest BCUT2D eigenvalue weighted by Crippen LogP contribution is 2.21. The Morgan fingerprint density at radius 3 is 2.60 bits per heavy atom. The Bertz CT molecular complexity index is 144. The third kappa shape index (κ3) is 2.72. The molecule has 1 rings (SSSR count). The smallest absolute Gasteiger partial charge is 0.0287 e. The van der Waals surface area contributed by atoms with Crippen LogP contribution in [0, 0.1) is 0 Å². The molecule has 0 atom stereocenters. The largest absolute Gasteiger partial charge is 0.125 e. The number of allylic oxidation sites excluding steroid dienone is 1. The molecule has 56 valence electrons. The summed E-state index contributed by atoms with van der Waals surface area (Å²) >= 11 is 3.34. The van der Waals surface area contributed by atoms with Gasteiger partial charge in [-0.05, 0) is 37.3 Å². The quantitative estimate of drug-likeness (QED) is 0.450. The summed E-state index contributed by atoms with van der Waals surface area (Å²) in [5, 5.41) is 0.941. The minimum Gasteiger partial charge on any atom is -0.125 e. The molecule has 0 aromatic heterocycles. The van der Waals surface area contributed by atoms with Crippen molar-refractivity contribution in [2.24, 2.45) is 0 Å². The van der Waals surface area contributed by atoms with Crippen LogP contribution in [-0.2, 0) is 0 Å². The summed E-state index contributed by atoms with van der Waals surface area (Å²) in [6.45, 7) is 0. The van der Waals surface area contributed by atoms with Crippen LogP contribution in [0.25, 0.3) is 0 Å². The molecule has 0 aromatic carbocycles. The van der Waals surface area contributed by atoms with Crippen LogP contribution >= 0.6 is 15.9 Å². The molecule has 1 aliphatic carbocycles. The minimum atomic E-state index is 0.941. The molecule has 0 nitrogen and oxygen atoms in total. The van der Waals surface area contributed by atoms with Gasteiger partial charge in [0, 0.05) is 5.33 Å². The van der Waals surface area contributed by atoms with Crippen molar-refractivity contribution in [1.82, 2.24) is 0 Å². The Kier molecular flexibility index (Phi) is 3.86. The highest BCUT2D eigenvalue weighted by Gasteiger charge is 2.02. The van der Waals surface area contributed by atoms with Crippen LogP contribution < -0.4 is 0 Å². The minimum absolute atomic E-state index is 0.941. The maximum atomic E-state index is 3.34. The van der Waals surface area contributed by atoms with E-state index in [0.717, 1.165) is 5.33 Å². The first-order chi connectivity index (χ1) is 4.93. The fourth-order valence-corrected chi connectivity index (χ4v) is 1.47. The van der Waals surface area contributed by atoms with E-state index < -0.39 is 0 Å². The monoisotopic (exact) mass is 200 g/mol. The molecule has 0 spiro atoms. The summed E-state index contributed by atoms with van der Waals surface area (Å²) in [4.78, 5) is 0. The van der Waals surface area contributed by atoms with Gasteiger partial charge in [0.05, 0.1) is 0 Å². The van der Waals surface area contributed by atoms with Gasteiger partial charge in [0.15, 0.2) is 0 Å². The van der Waals surface area contributed by atoms with Crippen molar-refractivity contribution in [3.8, 4) is 0 Å². The molecule has 0 saturated heterocycles. The Balaban J connectivity index is 2.45. The number of hydrogen-bond donors (Lipinski definition) is 0. The molecule has 0 N–H and O–H groups in total. The second-order valence-corrected chi connectivity index (χ2v) is 3.31. The van der Waals surface area contributed by atoms with Gasteiger partial charge in [-0.15, -0.1) is 5.73 Å². The van der Waals surface area contributed by atoms with E-state index in [1.54, 1.807) is 0 Å². The van der Waals surface area contributed by atoms with Gasteiger partial charge >= 0.3 is 0 Å². The Morgan fingerprint density at radius 1 is 1.30 bits per heavy atom. The van der Waals surface area contributed by atoms with Crippen molar-refractivity contribution in [1.29, 1.82) is 0 Å². The molecule has 0 heterocycles. The lowest BCUT2D eigenvalue weighted by atomic mass is 9.96. The lowest BCUT2D eigenvalue weighted by Gasteiger charge is -2.10. The zero-order chi connectivity index (χ0) is 7.23. The summed E-state index contributed by atoms with van der Waals surface area (Å²) in [5.41, 5.74) is 4.84. The van der Waals surface area contributed by atoms with Crippen molar-refractivity contribution in [3.05, 3.63) is 17.4 Å². The van der Waals surface area contributed by atoms with Gasteiger partial charge < -0.3 is 0 Å². The van der Waals surface area contributed by atoms with Crippen LogP contribution in [0.3, 0.4) is 0 Å². The first-order valence-corrected chi connectivity index (χ1v) is 5.04. The van der Waals surface area contributed by atoms with E-state index in [2.05, 4.69) is 27.7 Å². The molecular formula is C9H13Br. The molecule has 1 heteroatoms. The highest BCUT2D eigenvalue weighted by atomic mass is 79.9. The first-order valence-electron chi connectivity index (χ1n) is 3.92. The molecule has 0 unspecified atom stereocenters. The lowest BCUT2D eigenvalue weighted by molar-refractivity contribution is 0.600. The molecule has 0 bridgehead atoms. The van der Waals surface area contributed by atoms with Crippen LogP contribution in [0.4, 0.5) is 0 Å². The summed E-state index contributed by atoms with van der Waals surface area (Å²) in [6, 6.07) is 0. The van der Waals surface area contributed by atoms with E-state index in [1.807, 2.05) is 0 Å². The van der Waals surface area contributed by atoms with Gasteiger partial charge in [0.2, 0.25) is 0 Å². The molecule has 0 aliphatic heterocycles. The van der Waals surface area contributed by atoms with Gasteiger partial charge in [-0.1, -0.05) is 22.4 Å². The average Bonchev–Trinajstić information content (AvgIpc) is 2.03. The van der Waals surface area contributed by atoms with E-state index in [9.17, 15) is 0 Å². The average molecular weight is 201 g/mol. The van der Waals surface area contributed by atoms with Crippen LogP contribution in [0.5, 0.6) is 0 Å².